The van der Waals surface area contributed by atoms with Gasteiger partial charge in [0.1, 0.15) is 0 Å². The highest BCUT2D eigenvalue weighted by atomic mass is 16.1. The maximum Gasteiger partial charge on any atom is 0.252 e. The maximum absolute atomic E-state index is 11.8. The summed E-state index contributed by atoms with van der Waals surface area (Å²) in [5.74, 6) is 2.23. The number of terminal acetylenes is 1. The Morgan fingerprint density at radius 3 is 2.44 bits per heavy atom. The van der Waals surface area contributed by atoms with Gasteiger partial charge in [-0.2, -0.15) is 0 Å². The first-order chi connectivity index (χ1) is 7.56. The van der Waals surface area contributed by atoms with Crippen LogP contribution in [0.3, 0.4) is 0 Å². The minimum absolute atomic E-state index is 0.260. The number of benzene rings is 1. The summed E-state index contributed by atoms with van der Waals surface area (Å²) < 4.78 is 0. The van der Waals surface area contributed by atoms with Crippen LogP contribution in [0.15, 0.2) is 18.2 Å². The fraction of sp³-hybridized carbons (Fsp3) is 0.250. The Morgan fingerprint density at radius 2 is 2.00 bits per heavy atom. The molecule has 0 bridgehead atoms. The second-order valence-electron chi connectivity index (χ2n) is 3.49. The van der Waals surface area contributed by atoms with Gasteiger partial charge in [-0.15, -0.1) is 6.42 Å². The Hall–Kier alpha value is -2.15. The predicted molar refractivity (Wildman–Crippen MR) is 65.6 cm³/mol. The molecular formula is C12H15N3O. The van der Waals surface area contributed by atoms with Gasteiger partial charge in [-0.25, -0.2) is 0 Å². The summed E-state index contributed by atoms with van der Waals surface area (Å²) >= 11 is 0. The van der Waals surface area contributed by atoms with Crippen molar-refractivity contribution in [3.63, 3.8) is 0 Å². The molecule has 0 aliphatic heterocycles. The van der Waals surface area contributed by atoms with E-state index in [0.717, 1.165) is 0 Å². The monoisotopic (exact) mass is 217 g/mol. The first-order valence-corrected chi connectivity index (χ1v) is 4.99. The maximum atomic E-state index is 11.8. The molecule has 1 atom stereocenters. The standard InChI is InChI=1S/C12H15N3O/c1-3-11(4-2)15-12(16)8-5-9(13)7-10(14)6-8/h1,5-7,11H,4,13-14H2,2H3,(H,15,16). The Kier molecular flexibility index (Phi) is 3.78. The van der Waals surface area contributed by atoms with Gasteiger partial charge in [0.2, 0.25) is 0 Å². The molecule has 5 N–H and O–H groups in total. The normalized spacial score (nSPS) is 11.5. The summed E-state index contributed by atoms with van der Waals surface area (Å²) in [4.78, 5) is 11.8. The molecule has 0 aromatic heterocycles. The van der Waals surface area contributed by atoms with Crippen LogP contribution in [0.4, 0.5) is 11.4 Å². The van der Waals surface area contributed by atoms with Gasteiger partial charge >= 0.3 is 0 Å². The highest BCUT2D eigenvalue weighted by Crippen LogP contribution is 2.13. The van der Waals surface area contributed by atoms with Gasteiger partial charge in [-0.3, -0.25) is 4.79 Å². The van der Waals surface area contributed by atoms with Crippen molar-refractivity contribution >= 4 is 17.3 Å². The van der Waals surface area contributed by atoms with Crippen molar-refractivity contribution in [3.05, 3.63) is 23.8 Å². The molecule has 0 spiro atoms. The van der Waals surface area contributed by atoms with Crippen molar-refractivity contribution in [2.75, 3.05) is 11.5 Å². The number of amides is 1. The molecule has 0 heterocycles. The molecule has 4 heteroatoms. The summed E-state index contributed by atoms with van der Waals surface area (Å²) in [6.45, 7) is 1.90. The van der Waals surface area contributed by atoms with Crippen LogP contribution >= 0.6 is 0 Å². The van der Waals surface area contributed by atoms with Crippen molar-refractivity contribution < 1.29 is 4.79 Å². The molecular weight excluding hydrogens is 202 g/mol. The summed E-state index contributed by atoms with van der Waals surface area (Å²) in [5, 5.41) is 2.70. The average molecular weight is 217 g/mol. The first-order valence-electron chi connectivity index (χ1n) is 4.99. The third-order valence-corrected chi connectivity index (χ3v) is 2.15. The van der Waals surface area contributed by atoms with Crippen molar-refractivity contribution in [2.45, 2.75) is 19.4 Å². The first kappa shape index (κ1) is 11.9. The number of nitrogens with two attached hydrogens (primary N) is 2. The second kappa shape index (κ2) is 5.08. The van der Waals surface area contributed by atoms with E-state index in [2.05, 4.69) is 11.2 Å². The number of hydrogen-bond donors (Lipinski definition) is 3. The summed E-state index contributed by atoms with van der Waals surface area (Å²) in [6, 6.07) is 4.45. The molecule has 1 aromatic rings. The number of carbonyl (C=O) groups is 1. The topological polar surface area (TPSA) is 81.1 Å². The highest BCUT2D eigenvalue weighted by molar-refractivity contribution is 5.96. The molecule has 0 aliphatic carbocycles. The molecule has 1 unspecified atom stereocenters. The number of nitrogens with one attached hydrogen (secondary N) is 1. The van der Waals surface area contributed by atoms with Crippen LogP contribution in [0.2, 0.25) is 0 Å². The van der Waals surface area contributed by atoms with Crippen molar-refractivity contribution in [1.82, 2.24) is 5.32 Å². The van der Waals surface area contributed by atoms with E-state index in [9.17, 15) is 4.79 Å². The summed E-state index contributed by atoms with van der Waals surface area (Å²) in [5.41, 5.74) is 12.5. The molecule has 0 saturated carbocycles. The van der Waals surface area contributed by atoms with Crippen LogP contribution in [0.5, 0.6) is 0 Å². The lowest BCUT2D eigenvalue weighted by Crippen LogP contribution is -2.33. The van der Waals surface area contributed by atoms with Gasteiger partial charge < -0.3 is 16.8 Å². The number of nitrogen functional groups attached to an aromatic ring is 2. The molecule has 0 fully saturated rings. The van der Waals surface area contributed by atoms with E-state index in [1.807, 2.05) is 6.92 Å². The Morgan fingerprint density at radius 1 is 1.44 bits per heavy atom. The number of anilines is 2. The molecule has 84 valence electrons. The SMILES string of the molecule is C#CC(CC)NC(=O)c1cc(N)cc(N)c1. The molecule has 1 aromatic carbocycles. The Labute approximate surface area is 95.0 Å². The lowest BCUT2D eigenvalue weighted by atomic mass is 10.1. The van der Waals surface area contributed by atoms with Gasteiger partial charge in [-0.1, -0.05) is 12.8 Å². The zero-order valence-electron chi connectivity index (χ0n) is 9.16. The van der Waals surface area contributed by atoms with E-state index in [0.29, 0.717) is 23.4 Å². The van der Waals surface area contributed by atoms with Gasteiger partial charge in [0.15, 0.2) is 0 Å². The van der Waals surface area contributed by atoms with Gasteiger partial charge in [0, 0.05) is 16.9 Å². The predicted octanol–water partition coefficient (Wildman–Crippen LogP) is 0.993. The van der Waals surface area contributed by atoms with Crippen LogP contribution in [-0.2, 0) is 0 Å². The van der Waals surface area contributed by atoms with Crippen LogP contribution in [-0.4, -0.2) is 11.9 Å². The van der Waals surface area contributed by atoms with E-state index in [4.69, 9.17) is 17.9 Å². The largest absolute Gasteiger partial charge is 0.399 e. The minimum Gasteiger partial charge on any atom is -0.399 e. The van der Waals surface area contributed by atoms with Crippen molar-refractivity contribution in [3.8, 4) is 12.3 Å². The smallest absolute Gasteiger partial charge is 0.252 e. The number of carbonyl (C=O) groups excluding carboxylic acids is 1. The average Bonchev–Trinajstić information content (AvgIpc) is 2.24. The fourth-order valence-electron chi connectivity index (χ4n) is 1.31. The van der Waals surface area contributed by atoms with E-state index >= 15 is 0 Å². The zero-order chi connectivity index (χ0) is 12.1. The van der Waals surface area contributed by atoms with Crippen LogP contribution in [0.1, 0.15) is 23.7 Å². The van der Waals surface area contributed by atoms with E-state index in [1.165, 1.54) is 0 Å². The van der Waals surface area contributed by atoms with Crippen LogP contribution < -0.4 is 16.8 Å². The number of rotatable bonds is 3. The Bertz CT molecular complexity index is 414. The molecule has 1 amide bonds. The van der Waals surface area contributed by atoms with Crippen LogP contribution in [0, 0.1) is 12.3 Å². The molecule has 0 aliphatic rings. The minimum atomic E-state index is -0.268. The van der Waals surface area contributed by atoms with E-state index in [-0.39, 0.29) is 11.9 Å². The third kappa shape index (κ3) is 2.92. The van der Waals surface area contributed by atoms with Gasteiger partial charge in [-0.05, 0) is 24.6 Å². The molecule has 4 nitrogen and oxygen atoms in total. The molecule has 1 rings (SSSR count). The van der Waals surface area contributed by atoms with Gasteiger partial charge in [0.05, 0.1) is 6.04 Å². The van der Waals surface area contributed by atoms with E-state index < -0.39 is 0 Å². The quantitative estimate of drug-likeness (QED) is 0.521. The number of hydrogen-bond acceptors (Lipinski definition) is 3. The van der Waals surface area contributed by atoms with Crippen molar-refractivity contribution in [2.24, 2.45) is 0 Å². The Balaban J connectivity index is 2.85. The van der Waals surface area contributed by atoms with Gasteiger partial charge in [0.25, 0.3) is 5.91 Å². The molecule has 16 heavy (non-hydrogen) atoms. The molecule has 0 radical (unpaired) electrons. The zero-order valence-corrected chi connectivity index (χ0v) is 9.16. The lowest BCUT2D eigenvalue weighted by molar-refractivity contribution is 0.0945. The van der Waals surface area contributed by atoms with Crippen molar-refractivity contribution in [1.29, 1.82) is 0 Å². The second-order valence-corrected chi connectivity index (χ2v) is 3.49. The van der Waals surface area contributed by atoms with E-state index in [1.54, 1.807) is 18.2 Å². The third-order valence-electron chi connectivity index (χ3n) is 2.15. The van der Waals surface area contributed by atoms with Crippen LogP contribution in [0.25, 0.3) is 0 Å². The highest BCUT2D eigenvalue weighted by Gasteiger charge is 2.10. The summed E-state index contributed by atoms with van der Waals surface area (Å²) in [7, 11) is 0. The lowest BCUT2D eigenvalue weighted by Gasteiger charge is -2.11. The fourth-order valence-corrected chi connectivity index (χ4v) is 1.31. The molecule has 0 saturated heterocycles. The summed E-state index contributed by atoms with van der Waals surface area (Å²) in [6.07, 6.45) is 5.94.